The lowest BCUT2D eigenvalue weighted by Gasteiger charge is -2.31. The van der Waals surface area contributed by atoms with Crippen LogP contribution in [-0.4, -0.2) is 42.7 Å². The van der Waals surface area contributed by atoms with E-state index in [-0.39, 0.29) is 11.8 Å². The van der Waals surface area contributed by atoms with Crippen LogP contribution in [0.5, 0.6) is 0 Å². The fourth-order valence-electron chi connectivity index (χ4n) is 4.61. The summed E-state index contributed by atoms with van der Waals surface area (Å²) < 4.78 is 29.7. The zero-order valence-electron chi connectivity index (χ0n) is 18.6. The molecule has 0 unspecified atom stereocenters. The molecule has 4 rings (SSSR count). The molecule has 7 nitrogen and oxygen atoms in total. The van der Waals surface area contributed by atoms with Crippen LogP contribution in [0, 0.1) is 0 Å². The van der Waals surface area contributed by atoms with E-state index in [1.165, 1.54) is 17.1 Å². The molecule has 2 aromatic rings. The quantitative estimate of drug-likeness (QED) is 0.662. The third-order valence-corrected chi connectivity index (χ3v) is 8.04. The summed E-state index contributed by atoms with van der Waals surface area (Å²) in [6.07, 6.45) is 6.77. The van der Waals surface area contributed by atoms with E-state index in [1.807, 2.05) is 43.3 Å². The van der Waals surface area contributed by atoms with Gasteiger partial charge in [0.1, 0.15) is 5.82 Å². The molecule has 2 fully saturated rings. The largest absolute Gasteiger partial charge is 0.349 e. The van der Waals surface area contributed by atoms with E-state index in [4.69, 9.17) is 0 Å². The van der Waals surface area contributed by atoms with Gasteiger partial charge in [0.05, 0.1) is 0 Å². The van der Waals surface area contributed by atoms with Gasteiger partial charge in [0, 0.05) is 30.4 Å². The number of hydrogen-bond donors (Lipinski definition) is 2. The number of amides is 1. The highest BCUT2D eigenvalue weighted by molar-refractivity contribution is 7.90. The molecule has 0 atom stereocenters. The molecule has 1 aromatic carbocycles. The summed E-state index contributed by atoms with van der Waals surface area (Å²) in [6, 6.07) is 13.5. The number of aromatic nitrogens is 1. The Morgan fingerprint density at radius 3 is 2.38 bits per heavy atom. The number of carbonyl (C=O) groups is 1. The number of hydrogen-bond acceptors (Lipinski definition) is 4. The normalized spacial score (nSPS) is 18.5. The fraction of sp³-hybridized carbons (Fsp3) is 0.500. The van der Waals surface area contributed by atoms with Crippen LogP contribution >= 0.6 is 0 Å². The highest BCUT2D eigenvalue weighted by atomic mass is 32.2. The van der Waals surface area contributed by atoms with Crippen LogP contribution in [0.3, 0.4) is 0 Å². The first-order chi connectivity index (χ1) is 15.4. The molecule has 0 spiro atoms. The minimum Gasteiger partial charge on any atom is -0.349 e. The van der Waals surface area contributed by atoms with Crippen molar-refractivity contribution in [3.63, 3.8) is 0 Å². The summed E-state index contributed by atoms with van der Waals surface area (Å²) in [5.41, 5.74) is 2.70. The van der Waals surface area contributed by atoms with Gasteiger partial charge in [-0.15, -0.1) is 0 Å². The minimum absolute atomic E-state index is 0.00353. The van der Waals surface area contributed by atoms with Gasteiger partial charge in [-0.25, -0.2) is 4.98 Å². The zero-order chi connectivity index (χ0) is 22.6. The maximum Gasteiger partial charge on any atom is 0.302 e. The molecule has 1 aliphatic heterocycles. The highest BCUT2D eigenvalue weighted by Gasteiger charge is 2.29. The van der Waals surface area contributed by atoms with Crippen molar-refractivity contribution in [1.29, 1.82) is 0 Å². The number of anilines is 1. The molecule has 1 saturated carbocycles. The van der Waals surface area contributed by atoms with Crippen LogP contribution in [0.1, 0.15) is 73.0 Å². The SMILES string of the molecule is CCc1cccc(NS(=O)(=O)N2CCC(c3ccc(C(=O)NC4CCCC4)cc3)CC2)n1. The summed E-state index contributed by atoms with van der Waals surface area (Å²) in [7, 11) is -3.63. The Labute approximate surface area is 190 Å². The van der Waals surface area contributed by atoms with Gasteiger partial charge in [0.25, 0.3) is 5.91 Å². The first-order valence-corrected chi connectivity index (χ1v) is 13.0. The van der Waals surface area contributed by atoms with Gasteiger partial charge in [-0.1, -0.05) is 38.0 Å². The third-order valence-electron chi connectivity index (χ3n) is 6.53. The molecule has 32 heavy (non-hydrogen) atoms. The third kappa shape index (κ3) is 5.48. The first kappa shape index (κ1) is 22.7. The predicted molar refractivity (Wildman–Crippen MR) is 126 cm³/mol. The first-order valence-electron chi connectivity index (χ1n) is 11.6. The number of rotatable bonds is 7. The van der Waals surface area contributed by atoms with Crippen molar-refractivity contribution in [3.05, 3.63) is 59.3 Å². The smallest absolute Gasteiger partial charge is 0.302 e. The summed E-state index contributed by atoms with van der Waals surface area (Å²) in [6.45, 7) is 2.90. The Kier molecular flexibility index (Phi) is 7.10. The molecule has 2 N–H and O–H groups in total. The van der Waals surface area contributed by atoms with Gasteiger partial charge in [-0.05, 0) is 67.9 Å². The topological polar surface area (TPSA) is 91.4 Å². The summed E-state index contributed by atoms with van der Waals surface area (Å²) in [5, 5.41) is 3.12. The van der Waals surface area contributed by atoms with Gasteiger partial charge >= 0.3 is 10.2 Å². The molecule has 1 aliphatic carbocycles. The Morgan fingerprint density at radius 2 is 1.72 bits per heavy atom. The lowest BCUT2D eigenvalue weighted by molar-refractivity contribution is 0.0938. The zero-order valence-corrected chi connectivity index (χ0v) is 19.4. The molecule has 2 aliphatic rings. The van der Waals surface area contributed by atoms with E-state index >= 15 is 0 Å². The van der Waals surface area contributed by atoms with Gasteiger partial charge < -0.3 is 5.32 Å². The van der Waals surface area contributed by atoms with Crippen LogP contribution in [0.25, 0.3) is 0 Å². The second-order valence-electron chi connectivity index (χ2n) is 8.72. The number of pyridine rings is 1. The summed E-state index contributed by atoms with van der Waals surface area (Å²) in [4.78, 5) is 16.8. The molecular weight excluding hydrogens is 424 g/mol. The van der Waals surface area contributed by atoms with Crippen LogP contribution in [0.4, 0.5) is 5.82 Å². The molecule has 0 bridgehead atoms. The molecule has 172 valence electrons. The van der Waals surface area contributed by atoms with Gasteiger partial charge in [-0.2, -0.15) is 12.7 Å². The van der Waals surface area contributed by atoms with Gasteiger partial charge in [0.15, 0.2) is 0 Å². The van der Waals surface area contributed by atoms with E-state index in [2.05, 4.69) is 15.0 Å². The van der Waals surface area contributed by atoms with Crippen molar-refractivity contribution in [3.8, 4) is 0 Å². The molecular formula is C24H32N4O3S. The van der Waals surface area contributed by atoms with Crippen molar-refractivity contribution in [2.24, 2.45) is 0 Å². The minimum atomic E-state index is -3.63. The maximum atomic E-state index is 12.8. The molecule has 1 aromatic heterocycles. The second-order valence-corrected chi connectivity index (χ2v) is 10.4. The highest BCUT2D eigenvalue weighted by Crippen LogP contribution is 2.29. The average molecular weight is 457 g/mol. The summed E-state index contributed by atoms with van der Waals surface area (Å²) in [5.74, 6) is 0.643. The Morgan fingerprint density at radius 1 is 1.03 bits per heavy atom. The number of piperidine rings is 1. The Balaban J connectivity index is 1.32. The lowest BCUT2D eigenvalue weighted by atomic mass is 9.90. The Hall–Kier alpha value is -2.45. The standard InChI is InChI=1S/C24H32N4O3S/c1-2-21-8-5-9-23(25-21)27-32(30,31)28-16-14-19(15-17-28)18-10-12-20(13-11-18)24(29)26-22-6-3-4-7-22/h5,8-13,19,22H,2-4,6-7,14-17H2,1H3,(H,25,27)(H,26,29). The van der Waals surface area contributed by atoms with Crippen molar-refractivity contribution < 1.29 is 13.2 Å². The molecule has 8 heteroatoms. The van der Waals surface area contributed by atoms with Crippen LogP contribution in [-0.2, 0) is 16.6 Å². The van der Waals surface area contributed by atoms with Gasteiger partial charge in [0.2, 0.25) is 0 Å². The molecule has 2 heterocycles. The molecule has 1 saturated heterocycles. The van der Waals surface area contributed by atoms with Crippen LogP contribution in [0.15, 0.2) is 42.5 Å². The monoisotopic (exact) mass is 456 g/mol. The number of nitrogens with zero attached hydrogens (tertiary/aromatic N) is 2. The van der Waals surface area contributed by atoms with E-state index in [0.717, 1.165) is 43.4 Å². The summed E-state index contributed by atoms with van der Waals surface area (Å²) >= 11 is 0. The number of aryl methyl sites for hydroxylation is 1. The maximum absolute atomic E-state index is 12.8. The second kappa shape index (κ2) is 10.0. The fourth-order valence-corrected chi connectivity index (χ4v) is 5.80. The van der Waals surface area contributed by atoms with Crippen molar-refractivity contribution in [2.75, 3.05) is 17.8 Å². The van der Waals surface area contributed by atoms with Crippen molar-refractivity contribution in [2.45, 2.75) is 63.8 Å². The van der Waals surface area contributed by atoms with Crippen molar-refractivity contribution >= 4 is 21.9 Å². The van der Waals surface area contributed by atoms with E-state index in [1.54, 1.807) is 6.07 Å². The molecule has 0 radical (unpaired) electrons. The van der Waals surface area contributed by atoms with Crippen molar-refractivity contribution in [1.82, 2.24) is 14.6 Å². The number of benzene rings is 1. The van der Waals surface area contributed by atoms with E-state index < -0.39 is 10.2 Å². The Bertz CT molecular complexity index is 1030. The van der Waals surface area contributed by atoms with E-state index in [0.29, 0.717) is 30.5 Å². The van der Waals surface area contributed by atoms with E-state index in [9.17, 15) is 13.2 Å². The number of carbonyl (C=O) groups excluding carboxylic acids is 1. The lowest BCUT2D eigenvalue weighted by Crippen LogP contribution is -2.41. The molecule has 1 amide bonds. The number of nitrogens with one attached hydrogen (secondary N) is 2. The van der Waals surface area contributed by atoms with Gasteiger partial charge in [-0.3, -0.25) is 9.52 Å². The predicted octanol–water partition coefficient (Wildman–Crippen LogP) is 3.85. The van der Waals surface area contributed by atoms with Crippen LogP contribution < -0.4 is 10.0 Å². The van der Waals surface area contributed by atoms with Crippen LogP contribution in [0.2, 0.25) is 0 Å². The average Bonchev–Trinajstić information content (AvgIpc) is 3.32.